The summed E-state index contributed by atoms with van der Waals surface area (Å²) in [6.07, 6.45) is 6.49. The molecule has 0 fully saturated rings. The van der Waals surface area contributed by atoms with Crippen molar-refractivity contribution in [3.8, 4) is 5.69 Å². The van der Waals surface area contributed by atoms with Crippen LogP contribution in [0.5, 0.6) is 0 Å². The monoisotopic (exact) mass is 461 g/mol. The second kappa shape index (κ2) is 10.0. The van der Waals surface area contributed by atoms with Crippen LogP contribution in [0.1, 0.15) is 18.2 Å². The van der Waals surface area contributed by atoms with E-state index in [9.17, 15) is 14.0 Å². The number of hydrogen-bond acceptors (Lipinski definition) is 5. The molecule has 9 heteroatoms. The van der Waals surface area contributed by atoms with Crippen molar-refractivity contribution in [2.24, 2.45) is 0 Å². The Kier molecular flexibility index (Phi) is 6.70. The predicted molar refractivity (Wildman–Crippen MR) is 126 cm³/mol. The molecule has 4 rings (SSSR count). The molecule has 0 aliphatic carbocycles. The second-order valence-electron chi connectivity index (χ2n) is 7.03. The number of hydrogen-bond donors (Lipinski definition) is 1. The van der Waals surface area contributed by atoms with Crippen molar-refractivity contribution in [1.82, 2.24) is 20.1 Å². The molecule has 0 saturated heterocycles. The number of para-hydroxylation sites is 1. The lowest BCUT2D eigenvalue weighted by molar-refractivity contribution is -0.117. The molecule has 0 spiro atoms. The van der Waals surface area contributed by atoms with Gasteiger partial charge in [0.2, 0.25) is 11.8 Å². The minimum Gasteiger partial charge on any atom is -0.348 e. The first kappa shape index (κ1) is 22.1. The van der Waals surface area contributed by atoms with Crippen LogP contribution in [0.25, 0.3) is 11.8 Å². The second-order valence-corrected chi connectivity index (χ2v) is 7.87. The molecule has 2 heterocycles. The molecule has 2 amide bonds. The molecule has 2 aromatic heterocycles. The maximum Gasteiger partial charge on any atom is 0.244 e. The van der Waals surface area contributed by atoms with Gasteiger partial charge in [-0.05, 0) is 42.0 Å². The summed E-state index contributed by atoms with van der Waals surface area (Å²) in [5, 5.41) is 9.02. The van der Waals surface area contributed by atoms with E-state index in [-0.39, 0.29) is 17.5 Å². The van der Waals surface area contributed by atoms with Crippen LogP contribution < -0.4 is 10.2 Å². The Hall–Kier alpha value is -4.11. The summed E-state index contributed by atoms with van der Waals surface area (Å²) in [6, 6.07) is 15.6. The summed E-state index contributed by atoms with van der Waals surface area (Å²) in [4.78, 5) is 29.9. The minimum absolute atomic E-state index is 0.131. The molecule has 0 bridgehead atoms. The largest absolute Gasteiger partial charge is 0.348 e. The zero-order valence-electron chi connectivity index (χ0n) is 17.7. The zero-order chi connectivity index (χ0) is 23.2. The van der Waals surface area contributed by atoms with Gasteiger partial charge in [0.05, 0.1) is 17.1 Å². The van der Waals surface area contributed by atoms with E-state index in [4.69, 9.17) is 0 Å². The highest BCUT2D eigenvalue weighted by molar-refractivity contribution is 7.14. The summed E-state index contributed by atoms with van der Waals surface area (Å²) < 4.78 is 15.9. The maximum atomic E-state index is 14.2. The van der Waals surface area contributed by atoms with E-state index < -0.39 is 5.82 Å². The van der Waals surface area contributed by atoms with Gasteiger partial charge in [-0.3, -0.25) is 14.5 Å². The van der Waals surface area contributed by atoms with Gasteiger partial charge in [-0.25, -0.2) is 14.1 Å². The fourth-order valence-electron chi connectivity index (χ4n) is 3.09. The number of aromatic nitrogens is 3. The van der Waals surface area contributed by atoms with Crippen LogP contribution in [-0.4, -0.2) is 26.6 Å². The Balaban J connectivity index is 1.37. The van der Waals surface area contributed by atoms with Crippen LogP contribution in [0.3, 0.4) is 0 Å². The van der Waals surface area contributed by atoms with Gasteiger partial charge in [0.15, 0.2) is 5.13 Å². The van der Waals surface area contributed by atoms with E-state index in [2.05, 4.69) is 15.4 Å². The topological polar surface area (TPSA) is 80.1 Å². The van der Waals surface area contributed by atoms with E-state index >= 15 is 0 Å². The van der Waals surface area contributed by atoms with Crippen LogP contribution in [0.15, 0.2) is 78.4 Å². The number of nitrogens with zero attached hydrogens (tertiary/aromatic N) is 4. The van der Waals surface area contributed by atoms with Crippen LogP contribution in [-0.2, 0) is 16.1 Å². The third-order valence-corrected chi connectivity index (χ3v) is 5.53. The Bertz CT molecular complexity index is 1280. The van der Waals surface area contributed by atoms with Crippen molar-refractivity contribution in [1.29, 1.82) is 0 Å². The summed E-state index contributed by atoms with van der Waals surface area (Å²) in [6.45, 7) is 1.72. The number of thiazole rings is 1. The van der Waals surface area contributed by atoms with E-state index in [0.29, 0.717) is 17.4 Å². The molecule has 2 aromatic carbocycles. The smallest absolute Gasteiger partial charge is 0.244 e. The Labute approximate surface area is 193 Å². The lowest BCUT2D eigenvalue weighted by Crippen LogP contribution is -2.23. The highest BCUT2D eigenvalue weighted by Crippen LogP contribution is 2.30. The lowest BCUT2D eigenvalue weighted by atomic mass is 10.2. The molecule has 0 aliphatic rings. The van der Waals surface area contributed by atoms with E-state index in [1.165, 1.54) is 41.4 Å². The Morgan fingerprint density at radius 1 is 1.15 bits per heavy atom. The average Bonchev–Trinajstić information content (AvgIpc) is 3.51. The van der Waals surface area contributed by atoms with Gasteiger partial charge in [0.25, 0.3) is 0 Å². The van der Waals surface area contributed by atoms with Gasteiger partial charge >= 0.3 is 0 Å². The van der Waals surface area contributed by atoms with Gasteiger partial charge in [0, 0.05) is 37.3 Å². The number of amides is 2. The standard InChI is InChI=1S/C24H20FN5O2S/c1-17(31)30(22-6-3-2-5-21(22)25)24-28-19(16-33-24)9-12-23(32)26-15-18-7-10-20(11-8-18)29-14-4-13-27-29/h2-14,16H,15H2,1H3,(H,26,32). The van der Waals surface area contributed by atoms with Gasteiger partial charge in [-0.2, -0.15) is 5.10 Å². The molecule has 33 heavy (non-hydrogen) atoms. The van der Waals surface area contributed by atoms with Crippen molar-refractivity contribution in [3.05, 3.63) is 95.5 Å². The minimum atomic E-state index is -0.517. The van der Waals surface area contributed by atoms with E-state index in [1.807, 2.05) is 36.5 Å². The molecule has 0 saturated carbocycles. The molecule has 166 valence electrons. The summed E-state index contributed by atoms with van der Waals surface area (Å²) >= 11 is 1.19. The Morgan fingerprint density at radius 2 is 1.94 bits per heavy atom. The normalized spacial score (nSPS) is 11.0. The predicted octanol–water partition coefficient (Wildman–Crippen LogP) is 4.48. The third-order valence-electron chi connectivity index (χ3n) is 4.69. The first-order chi connectivity index (χ1) is 16.0. The van der Waals surface area contributed by atoms with Crippen LogP contribution in [0, 0.1) is 5.82 Å². The average molecular weight is 462 g/mol. The van der Waals surface area contributed by atoms with E-state index in [1.54, 1.807) is 34.5 Å². The summed E-state index contributed by atoms with van der Waals surface area (Å²) in [5.41, 5.74) is 2.51. The van der Waals surface area contributed by atoms with Gasteiger partial charge in [-0.1, -0.05) is 24.3 Å². The van der Waals surface area contributed by atoms with Crippen molar-refractivity contribution < 1.29 is 14.0 Å². The number of carbonyl (C=O) groups is 2. The number of halogens is 1. The maximum absolute atomic E-state index is 14.2. The first-order valence-electron chi connectivity index (χ1n) is 10.1. The zero-order valence-corrected chi connectivity index (χ0v) is 18.5. The van der Waals surface area contributed by atoms with Crippen molar-refractivity contribution in [2.45, 2.75) is 13.5 Å². The first-order valence-corrected chi connectivity index (χ1v) is 10.9. The molecule has 0 aliphatic heterocycles. The van der Waals surface area contributed by atoms with Crippen molar-refractivity contribution in [3.63, 3.8) is 0 Å². The molecule has 0 unspecified atom stereocenters. The number of nitrogens with one attached hydrogen (secondary N) is 1. The number of carbonyl (C=O) groups excluding carboxylic acids is 2. The summed E-state index contributed by atoms with van der Waals surface area (Å²) in [7, 11) is 0. The SMILES string of the molecule is CC(=O)N(c1nc(C=CC(=O)NCc2ccc(-n3cccn3)cc2)cs1)c1ccccc1F. The fourth-order valence-corrected chi connectivity index (χ4v) is 3.94. The lowest BCUT2D eigenvalue weighted by Gasteiger charge is -2.18. The highest BCUT2D eigenvalue weighted by Gasteiger charge is 2.20. The van der Waals surface area contributed by atoms with Gasteiger partial charge in [-0.15, -0.1) is 11.3 Å². The van der Waals surface area contributed by atoms with Crippen molar-refractivity contribution >= 4 is 40.0 Å². The highest BCUT2D eigenvalue weighted by atomic mass is 32.1. The molecule has 1 N–H and O–H groups in total. The van der Waals surface area contributed by atoms with Crippen LogP contribution >= 0.6 is 11.3 Å². The van der Waals surface area contributed by atoms with Crippen LogP contribution in [0.4, 0.5) is 15.2 Å². The summed E-state index contributed by atoms with van der Waals surface area (Å²) in [5.74, 6) is -1.16. The Morgan fingerprint density at radius 3 is 2.64 bits per heavy atom. The fraction of sp³-hybridized carbons (Fsp3) is 0.0833. The molecular formula is C24H20FN5O2S. The van der Waals surface area contributed by atoms with Gasteiger partial charge in [0.1, 0.15) is 5.82 Å². The van der Waals surface area contributed by atoms with Gasteiger partial charge < -0.3 is 5.32 Å². The molecule has 0 radical (unpaired) electrons. The van der Waals surface area contributed by atoms with E-state index in [0.717, 1.165) is 11.3 Å². The molecular weight excluding hydrogens is 441 g/mol. The quantitative estimate of drug-likeness (QED) is 0.412. The molecule has 0 atom stereocenters. The van der Waals surface area contributed by atoms with Crippen LogP contribution in [0.2, 0.25) is 0 Å². The molecule has 7 nitrogen and oxygen atoms in total. The number of anilines is 2. The number of rotatable bonds is 7. The number of benzene rings is 2. The van der Waals surface area contributed by atoms with Crippen molar-refractivity contribution in [2.75, 3.05) is 4.90 Å². The third kappa shape index (κ3) is 5.39. The molecule has 4 aromatic rings.